The average molecular weight is 294 g/mol. The third kappa shape index (κ3) is 3.89. The minimum atomic E-state index is 0. The first-order valence-corrected chi connectivity index (χ1v) is 6.32. The van der Waals surface area contributed by atoms with E-state index in [9.17, 15) is 0 Å². The van der Waals surface area contributed by atoms with Crippen LogP contribution in [0.1, 0.15) is 5.56 Å². The number of hydrogen-bond acceptors (Lipinski definition) is 3. The molecule has 0 atom stereocenters. The van der Waals surface area contributed by atoms with Crippen molar-refractivity contribution in [3.63, 3.8) is 0 Å². The molecule has 108 valence electrons. The van der Waals surface area contributed by atoms with Crippen molar-refractivity contribution in [3.05, 3.63) is 48.0 Å². The molecule has 0 amide bonds. The highest BCUT2D eigenvalue weighted by molar-refractivity contribution is 5.85. The van der Waals surface area contributed by atoms with Gasteiger partial charge < -0.3 is 15.2 Å². The van der Waals surface area contributed by atoms with E-state index in [4.69, 9.17) is 15.2 Å². The molecular formula is C16H20ClNO2. The Bertz CT molecular complexity index is 541. The second kappa shape index (κ2) is 7.78. The van der Waals surface area contributed by atoms with Gasteiger partial charge in [-0.15, -0.1) is 12.4 Å². The van der Waals surface area contributed by atoms with Crippen LogP contribution in [0.15, 0.2) is 42.5 Å². The molecule has 0 radical (unpaired) electrons. The third-order valence-corrected chi connectivity index (χ3v) is 2.92. The average Bonchev–Trinajstić information content (AvgIpc) is 2.46. The molecule has 0 unspecified atom stereocenters. The molecule has 20 heavy (non-hydrogen) atoms. The summed E-state index contributed by atoms with van der Waals surface area (Å²) in [6, 6.07) is 14.3. The van der Waals surface area contributed by atoms with E-state index in [2.05, 4.69) is 31.2 Å². The maximum absolute atomic E-state index is 5.54. The molecule has 0 aliphatic rings. The molecular weight excluding hydrogens is 274 g/mol. The lowest BCUT2D eigenvalue weighted by Gasteiger charge is -2.12. The summed E-state index contributed by atoms with van der Waals surface area (Å²) in [7, 11) is 1.64. The van der Waals surface area contributed by atoms with Crippen LogP contribution in [0.4, 0.5) is 0 Å². The smallest absolute Gasteiger partial charge is 0.161 e. The van der Waals surface area contributed by atoms with Crippen molar-refractivity contribution in [2.24, 2.45) is 5.73 Å². The van der Waals surface area contributed by atoms with E-state index in [0.29, 0.717) is 13.2 Å². The van der Waals surface area contributed by atoms with Gasteiger partial charge in [-0.05, 0) is 30.2 Å². The summed E-state index contributed by atoms with van der Waals surface area (Å²) in [6.45, 7) is 3.05. The standard InChI is InChI=1S/C16H19NO2.ClH/c1-12-3-5-13(6-4-12)14-7-8-15(19-10-9-17)16(11-14)18-2;/h3-8,11H,9-10,17H2,1-2H3;1H. The maximum atomic E-state index is 5.54. The van der Waals surface area contributed by atoms with Crippen LogP contribution in [0.2, 0.25) is 0 Å². The lowest BCUT2D eigenvalue weighted by molar-refractivity contribution is 0.302. The van der Waals surface area contributed by atoms with Gasteiger partial charge in [-0.1, -0.05) is 35.9 Å². The molecule has 0 spiro atoms. The molecule has 0 fully saturated rings. The third-order valence-electron chi connectivity index (χ3n) is 2.92. The largest absolute Gasteiger partial charge is 0.493 e. The lowest BCUT2D eigenvalue weighted by atomic mass is 10.0. The molecule has 2 rings (SSSR count). The highest BCUT2D eigenvalue weighted by Crippen LogP contribution is 2.32. The number of methoxy groups -OCH3 is 1. The predicted molar refractivity (Wildman–Crippen MR) is 85.0 cm³/mol. The first kappa shape index (κ1) is 16.3. The van der Waals surface area contributed by atoms with E-state index < -0.39 is 0 Å². The van der Waals surface area contributed by atoms with Gasteiger partial charge in [-0.25, -0.2) is 0 Å². The maximum Gasteiger partial charge on any atom is 0.161 e. The first-order valence-electron chi connectivity index (χ1n) is 6.32. The van der Waals surface area contributed by atoms with Crippen molar-refractivity contribution in [3.8, 4) is 22.6 Å². The highest BCUT2D eigenvalue weighted by atomic mass is 35.5. The first-order chi connectivity index (χ1) is 9.24. The molecule has 0 bridgehead atoms. The second-order valence-corrected chi connectivity index (χ2v) is 4.37. The minimum Gasteiger partial charge on any atom is -0.493 e. The van der Waals surface area contributed by atoms with Crippen LogP contribution in [0.5, 0.6) is 11.5 Å². The number of halogens is 1. The van der Waals surface area contributed by atoms with Crippen molar-refractivity contribution in [2.45, 2.75) is 6.92 Å². The molecule has 0 aromatic heterocycles. The molecule has 2 aromatic rings. The van der Waals surface area contributed by atoms with Gasteiger partial charge >= 0.3 is 0 Å². The van der Waals surface area contributed by atoms with E-state index in [1.807, 2.05) is 18.2 Å². The Balaban J connectivity index is 0.00000200. The van der Waals surface area contributed by atoms with Gasteiger partial charge in [0.25, 0.3) is 0 Å². The molecule has 3 nitrogen and oxygen atoms in total. The predicted octanol–water partition coefficient (Wildman–Crippen LogP) is 3.43. The number of benzene rings is 2. The van der Waals surface area contributed by atoms with Crippen LogP contribution < -0.4 is 15.2 Å². The quantitative estimate of drug-likeness (QED) is 0.918. The van der Waals surface area contributed by atoms with Gasteiger partial charge in [-0.2, -0.15) is 0 Å². The topological polar surface area (TPSA) is 44.5 Å². The number of nitrogens with two attached hydrogens (primary N) is 1. The summed E-state index contributed by atoms with van der Waals surface area (Å²) in [5.74, 6) is 1.45. The SMILES string of the molecule is COc1cc(-c2ccc(C)cc2)ccc1OCCN.Cl. The molecule has 2 aromatic carbocycles. The minimum absolute atomic E-state index is 0. The Morgan fingerprint density at radius 2 is 1.60 bits per heavy atom. The fourth-order valence-corrected chi connectivity index (χ4v) is 1.88. The number of hydrogen-bond donors (Lipinski definition) is 1. The zero-order chi connectivity index (χ0) is 13.7. The fraction of sp³-hybridized carbons (Fsp3) is 0.250. The molecule has 2 N–H and O–H groups in total. The fourth-order valence-electron chi connectivity index (χ4n) is 1.88. The van der Waals surface area contributed by atoms with Gasteiger partial charge in [-0.3, -0.25) is 0 Å². The van der Waals surface area contributed by atoms with Gasteiger partial charge in [0.15, 0.2) is 11.5 Å². The molecule has 0 aliphatic heterocycles. The van der Waals surface area contributed by atoms with Crippen molar-refractivity contribution >= 4 is 12.4 Å². The summed E-state index contributed by atoms with van der Waals surface area (Å²) >= 11 is 0. The zero-order valence-corrected chi connectivity index (χ0v) is 12.6. The summed E-state index contributed by atoms with van der Waals surface area (Å²) in [4.78, 5) is 0. The Hall–Kier alpha value is -1.71. The number of ether oxygens (including phenoxy) is 2. The van der Waals surface area contributed by atoms with Crippen molar-refractivity contribution in [1.29, 1.82) is 0 Å². The zero-order valence-electron chi connectivity index (χ0n) is 11.8. The molecule has 0 saturated carbocycles. The summed E-state index contributed by atoms with van der Waals surface area (Å²) in [5.41, 5.74) is 8.96. The molecule has 0 heterocycles. The Labute approximate surface area is 126 Å². The Morgan fingerprint density at radius 1 is 0.950 bits per heavy atom. The van der Waals surface area contributed by atoms with Gasteiger partial charge in [0.2, 0.25) is 0 Å². The number of rotatable bonds is 5. The summed E-state index contributed by atoms with van der Waals surface area (Å²) in [6.07, 6.45) is 0. The van der Waals surface area contributed by atoms with Crippen LogP contribution in [-0.4, -0.2) is 20.3 Å². The monoisotopic (exact) mass is 293 g/mol. The summed E-state index contributed by atoms with van der Waals surface area (Å²) < 4.78 is 10.9. The van der Waals surface area contributed by atoms with E-state index in [1.54, 1.807) is 7.11 Å². The van der Waals surface area contributed by atoms with Crippen LogP contribution in [0.25, 0.3) is 11.1 Å². The van der Waals surface area contributed by atoms with Crippen molar-refractivity contribution in [1.82, 2.24) is 0 Å². The molecule has 4 heteroatoms. The Morgan fingerprint density at radius 3 is 2.20 bits per heavy atom. The van der Waals surface area contributed by atoms with E-state index in [1.165, 1.54) is 5.56 Å². The van der Waals surface area contributed by atoms with E-state index in [-0.39, 0.29) is 12.4 Å². The van der Waals surface area contributed by atoms with Crippen molar-refractivity contribution < 1.29 is 9.47 Å². The Kier molecular flexibility index (Phi) is 6.36. The van der Waals surface area contributed by atoms with Gasteiger partial charge in [0.1, 0.15) is 6.61 Å². The van der Waals surface area contributed by atoms with E-state index in [0.717, 1.165) is 22.6 Å². The lowest BCUT2D eigenvalue weighted by Crippen LogP contribution is -2.11. The van der Waals surface area contributed by atoms with E-state index >= 15 is 0 Å². The summed E-state index contributed by atoms with van der Waals surface area (Å²) in [5, 5.41) is 0. The highest BCUT2D eigenvalue weighted by Gasteiger charge is 2.06. The molecule has 0 aliphatic carbocycles. The number of aryl methyl sites for hydroxylation is 1. The van der Waals surface area contributed by atoms with Gasteiger partial charge in [0, 0.05) is 6.54 Å². The van der Waals surface area contributed by atoms with Crippen LogP contribution in [0.3, 0.4) is 0 Å². The van der Waals surface area contributed by atoms with Crippen LogP contribution in [-0.2, 0) is 0 Å². The van der Waals surface area contributed by atoms with Crippen molar-refractivity contribution in [2.75, 3.05) is 20.3 Å². The van der Waals surface area contributed by atoms with Crippen LogP contribution >= 0.6 is 12.4 Å². The second-order valence-electron chi connectivity index (χ2n) is 4.37. The normalized spacial score (nSPS) is 9.75. The van der Waals surface area contributed by atoms with Crippen LogP contribution in [0, 0.1) is 6.92 Å². The van der Waals surface area contributed by atoms with Gasteiger partial charge in [0.05, 0.1) is 7.11 Å². The molecule has 0 saturated heterocycles.